The zero-order valence-corrected chi connectivity index (χ0v) is 12.8. The third kappa shape index (κ3) is 2.52. The van der Waals surface area contributed by atoms with Crippen molar-refractivity contribution in [1.82, 2.24) is 14.8 Å². The van der Waals surface area contributed by atoms with Gasteiger partial charge >= 0.3 is 0 Å². The molecule has 1 saturated heterocycles. The second-order valence-corrected chi connectivity index (χ2v) is 5.92. The fraction of sp³-hybridized carbons (Fsp3) is 0.176. The third-order valence-electron chi connectivity index (χ3n) is 4.08. The molecule has 0 spiro atoms. The molecule has 1 aliphatic rings. The molecule has 2 aromatic carbocycles. The Morgan fingerprint density at radius 3 is 2.65 bits per heavy atom. The van der Waals surface area contributed by atoms with Crippen LogP contribution >= 0.6 is 11.6 Å². The monoisotopic (exact) mass is 329 g/mol. The molecule has 4 nitrogen and oxygen atoms in total. The summed E-state index contributed by atoms with van der Waals surface area (Å²) in [5.41, 5.74) is 1.18. The van der Waals surface area contributed by atoms with Crippen LogP contribution in [0.1, 0.15) is 17.2 Å². The van der Waals surface area contributed by atoms with Crippen LogP contribution in [-0.4, -0.2) is 14.8 Å². The van der Waals surface area contributed by atoms with Crippen LogP contribution in [0.2, 0.25) is 5.02 Å². The summed E-state index contributed by atoms with van der Waals surface area (Å²) in [6.07, 6.45) is 2.91. The van der Waals surface area contributed by atoms with Crippen molar-refractivity contribution >= 4 is 11.6 Å². The van der Waals surface area contributed by atoms with E-state index in [0.29, 0.717) is 11.6 Å². The summed E-state index contributed by atoms with van der Waals surface area (Å²) in [5, 5.41) is 4.81. The van der Waals surface area contributed by atoms with Crippen molar-refractivity contribution in [3.63, 3.8) is 0 Å². The van der Waals surface area contributed by atoms with Crippen molar-refractivity contribution in [1.29, 1.82) is 0 Å². The fourth-order valence-electron chi connectivity index (χ4n) is 2.90. The van der Waals surface area contributed by atoms with Gasteiger partial charge in [-0.3, -0.25) is 0 Å². The molecular weight excluding hydrogens is 317 g/mol. The Kier molecular flexibility index (Phi) is 3.39. The van der Waals surface area contributed by atoms with Gasteiger partial charge in [-0.05, 0) is 23.8 Å². The predicted octanol–water partition coefficient (Wildman–Crippen LogP) is 3.74. The number of hydrogen-bond acceptors (Lipinski definition) is 3. The van der Waals surface area contributed by atoms with Gasteiger partial charge in [0, 0.05) is 10.6 Å². The first-order valence-electron chi connectivity index (χ1n) is 7.20. The number of halogens is 2. The molecule has 0 amide bonds. The standard InChI is InChI=1S/C17H13ClFN3O/c18-15-4-2-1-3-14(15)16-17(23-16,9-22-11-20-10-21-22)12-5-7-13(19)8-6-12/h1-8,10-11,16H,9H2. The second-order valence-electron chi connectivity index (χ2n) is 5.51. The van der Waals surface area contributed by atoms with Crippen LogP contribution in [0.4, 0.5) is 4.39 Å². The minimum Gasteiger partial charge on any atom is -0.354 e. The average Bonchev–Trinajstić information content (AvgIpc) is 3.02. The van der Waals surface area contributed by atoms with Crippen molar-refractivity contribution in [2.45, 2.75) is 18.2 Å². The highest BCUT2D eigenvalue weighted by Crippen LogP contribution is 2.59. The maximum absolute atomic E-state index is 13.3. The average molecular weight is 330 g/mol. The van der Waals surface area contributed by atoms with E-state index < -0.39 is 5.60 Å². The van der Waals surface area contributed by atoms with Gasteiger partial charge in [0.25, 0.3) is 0 Å². The first-order chi connectivity index (χ1) is 11.2. The van der Waals surface area contributed by atoms with Crippen molar-refractivity contribution in [3.05, 3.63) is 83.2 Å². The van der Waals surface area contributed by atoms with E-state index in [4.69, 9.17) is 16.3 Å². The number of benzene rings is 2. The summed E-state index contributed by atoms with van der Waals surface area (Å²) in [4.78, 5) is 3.97. The first-order valence-corrected chi connectivity index (χ1v) is 7.57. The van der Waals surface area contributed by atoms with Gasteiger partial charge in [0.1, 0.15) is 30.2 Å². The van der Waals surface area contributed by atoms with Crippen molar-refractivity contribution < 1.29 is 9.13 Å². The predicted molar refractivity (Wildman–Crippen MR) is 83.4 cm³/mol. The zero-order valence-electron chi connectivity index (χ0n) is 12.1. The Hall–Kier alpha value is -2.24. The first kappa shape index (κ1) is 14.4. The van der Waals surface area contributed by atoms with Gasteiger partial charge in [-0.1, -0.05) is 41.9 Å². The molecule has 2 unspecified atom stereocenters. The third-order valence-corrected chi connectivity index (χ3v) is 4.42. The Labute approximate surface area is 137 Å². The Balaban J connectivity index is 1.74. The van der Waals surface area contributed by atoms with Crippen LogP contribution in [-0.2, 0) is 16.9 Å². The largest absolute Gasteiger partial charge is 0.354 e. The molecule has 116 valence electrons. The van der Waals surface area contributed by atoms with E-state index in [1.165, 1.54) is 18.5 Å². The molecule has 0 aliphatic carbocycles. The summed E-state index contributed by atoms with van der Waals surface area (Å²) in [7, 11) is 0. The van der Waals surface area contributed by atoms with Crippen molar-refractivity contribution in [2.24, 2.45) is 0 Å². The Morgan fingerprint density at radius 1 is 1.17 bits per heavy atom. The lowest BCUT2D eigenvalue weighted by Gasteiger charge is -2.14. The molecule has 6 heteroatoms. The molecule has 2 heterocycles. The fourth-order valence-corrected chi connectivity index (χ4v) is 3.13. The minimum absolute atomic E-state index is 0.203. The lowest BCUT2D eigenvalue weighted by molar-refractivity contribution is 0.262. The minimum atomic E-state index is -0.619. The quantitative estimate of drug-likeness (QED) is 0.685. The number of aromatic nitrogens is 3. The molecule has 4 rings (SSSR count). The van der Waals surface area contributed by atoms with Crippen LogP contribution in [0, 0.1) is 5.82 Å². The van der Waals surface area contributed by atoms with Crippen LogP contribution in [0.15, 0.2) is 61.2 Å². The highest BCUT2D eigenvalue weighted by molar-refractivity contribution is 6.31. The molecule has 0 radical (unpaired) electrons. The van der Waals surface area contributed by atoms with Crippen LogP contribution in [0.25, 0.3) is 0 Å². The molecule has 0 saturated carbocycles. The molecule has 0 N–H and O–H groups in total. The van der Waals surface area contributed by atoms with Gasteiger partial charge in [0.2, 0.25) is 0 Å². The molecule has 0 bridgehead atoms. The van der Waals surface area contributed by atoms with Gasteiger partial charge in [-0.2, -0.15) is 5.10 Å². The summed E-state index contributed by atoms with van der Waals surface area (Å²) >= 11 is 6.31. The van der Waals surface area contributed by atoms with Crippen molar-refractivity contribution in [3.8, 4) is 0 Å². The van der Waals surface area contributed by atoms with Crippen LogP contribution < -0.4 is 0 Å². The van der Waals surface area contributed by atoms with Gasteiger partial charge < -0.3 is 4.74 Å². The van der Waals surface area contributed by atoms with E-state index in [9.17, 15) is 4.39 Å². The lowest BCUT2D eigenvalue weighted by atomic mass is 9.91. The highest BCUT2D eigenvalue weighted by Gasteiger charge is 2.59. The molecule has 2 atom stereocenters. The summed E-state index contributed by atoms with van der Waals surface area (Å²) in [5.74, 6) is -0.278. The summed E-state index contributed by atoms with van der Waals surface area (Å²) in [6.45, 7) is 0.481. The van der Waals surface area contributed by atoms with E-state index in [0.717, 1.165) is 11.1 Å². The van der Waals surface area contributed by atoms with Gasteiger partial charge in [0.15, 0.2) is 0 Å². The number of nitrogens with zero attached hydrogens (tertiary/aromatic N) is 3. The number of hydrogen-bond donors (Lipinski definition) is 0. The zero-order chi connectivity index (χ0) is 15.9. The second kappa shape index (κ2) is 5.44. The molecule has 3 aromatic rings. The highest BCUT2D eigenvalue weighted by atomic mass is 35.5. The summed E-state index contributed by atoms with van der Waals surface area (Å²) in [6, 6.07) is 13.9. The maximum Gasteiger partial charge on any atom is 0.144 e. The lowest BCUT2D eigenvalue weighted by Crippen LogP contribution is -2.19. The van der Waals surface area contributed by atoms with Crippen molar-refractivity contribution in [2.75, 3.05) is 0 Å². The SMILES string of the molecule is Fc1ccc(C2(Cn3cncn3)OC2c2ccccc2Cl)cc1. The van der Waals surface area contributed by atoms with Gasteiger partial charge in [-0.15, -0.1) is 0 Å². The normalized spacial score (nSPS) is 23.0. The topological polar surface area (TPSA) is 43.2 Å². The molecule has 1 fully saturated rings. The Morgan fingerprint density at radius 2 is 1.96 bits per heavy atom. The molecule has 1 aliphatic heterocycles. The molecular formula is C17H13ClFN3O. The van der Waals surface area contributed by atoms with Gasteiger partial charge in [-0.25, -0.2) is 14.1 Å². The van der Waals surface area contributed by atoms with E-state index >= 15 is 0 Å². The molecule has 1 aromatic heterocycles. The van der Waals surface area contributed by atoms with Gasteiger partial charge in [0.05, 0.1) is 6.54 Å². The number of ether oxygens (including phenoxy) is 1. The van der Waals surface area contributed by atoms with E-state index in [1.54, 1.807) is 23.1 Å². The van der Waals surface area contributed by atoms with E-state index in [-0.39, 0.29) is 11.9 Å². The maximum atomic E-state index is 13.3. The summed E-state index contributed by atoms with van der Waals surface area (Å²) < 4.78 is 21.1. The smallest absolute Gasteiger partial charge is 0.144 e. The Bertz CT molecular complexity index is 822. The van der Waals surface area contributed by atoms with E-state index in [2.05, 4.69) is 10.1 Å². The number of rotatable bonds is 4. The van der Waals surface area contributed by atoms with E-state index in [1.807, 2.05) is 24.3 Å². The number of epoxide rings is 1. The van der Waals surface area contributed by atoms with Crippen LogP contribution in [0.3, 0.4) is 0 Å². The molecule has 23 heavy (non-hydrogen) atoms. The van der Waals surface area contributed by atoms with Crippen LogP contribution in [0.5, 0.6) is 0 Å².